The summed E-state index contributed by atoms with van der Waals surface area (Å²) < 4.78 is 6.90. The van der Waals surface area contributed by atoms with E-state index in [9.17, 15) is 0 Å². The molecule has 11 rings (SSSR count). The molecular weight excluding hydrogens is 625 g/mol. The Balaban J connectivity index is 1.07. The molecule has 0 radical (unpaired) electrons. The fourth-order valence-corrected chi connectivity index (χ4v) is 7.76. The van der Waals surface area contributed by atoms with Gasteiger partial charge in [-0.25, -0.2) is 15.0 Å². The first-order valence-corrected chi connectivity index (χ1v) is 17.1. The molecule has 0 spiro atoms. The van der Waals surface area contributed by atoms with Gasteiger partial charge in [0, 0.05) is 38.7 Å². The van der Waals surface area contributed by atoms with Gasteiger partial charge in [0.05, 0.1) is 44.3 Å². The Morgan fingerprint density at radius 2 is 0.980 bits per heavy atom. The van der Waals surface area contributed by atoms with Crippen LogP contribution in [-0.2, 0) is 0 Å². The maximum absolute atomic E-state index is 5.11. The molecule has 0 atom stereocenters. The molecule has 0 saturated heterocycles. The van der Waals surface area contributed by atoms with Gasteiger partial charge in [0.2, 0.25) is 5.78 Å². The maximum atomic E-state index is 5.11. The van der Waals surface area contributed by atoms with Crippen molar-refractivity contribution >= 4 is 60.6 Å². The van der Waals surface area contributed by atoms with Crippen LogP contribution in [0.2, 0.25) is 0 Å². The van der Waals surface area contributed by atoms with Crippen LogP contribution < -0.4 is 0 Å². The van der Waals surface area contributed by atoms with Crippen molar-refractivity contribution in [2.75, 3.05) is 0 Å². The van der Waals surface area contributed by atoms with E-state index in [0.717, 1.165) is 78.0 Å². The van der Waals surface area contributed by atoms with Crippen LogP contribution >= 0.6 is 0 Å². The minimum absolute atomic E-state index is 0.711. The molecule has 0 fully saturated rings. The predicted octanol–water partition coefficient (Wildman–Crippen LogP) is 10.8. The highest BCUT2D eigenvalue weighted by Gasteiger charge is 2.19. The molecule has 238 valence electrons. The van der Waals surface area contributed by atoms with E-state index in [1.807, 2.05) is 24.3 Å². The summed E-state index contributed by atoms with van der Waals surface area (Å²) in [6.07, 6.45) is 0. The molecule has 0 unspecified atom stereocenters. The van der Waals surface area contributed by atoms with E-state index in [0.29, 0.717) is 5.82 Å². The summed E-state index contributed by atoms with van der Waals surface area (Å²) in [7, 11) is 0. The largest absolute Gasteiger partial charge is 0.309 e. The van der Waals surface area contributed by atoms with Gasteiger partial charge >= 0.3 is 0 Å². The van der Waals surface area contributed by atoms with Gasteiger partial charge in [0.25, 0.3) is 0 Å². The molecular formula is C45H28N6. The Bertz CT molecular complexity index is 3130. The second-order valence-electron chi connectivity index (χ2n) is 12.9. The minimum Gasteiger partial charge on any atom is -0.309 e. The fourth-order valence-electron chi connectivity index (χ4n) is 7.76. The number of nitrogens with zero attached hydrogens (tertiary/aromatic N) is 6. The lowest BCUT2D eigenvalue weighted by Crippen LogP contribution is -1.97. The van der Waals surface area contributed by atoms with Crippen molar-refractivity contribution in [3.63, 3.8) is 0 Å². The molecule has 0 amide bonds. The van der Waals surface area contributed by atoms with E-state index in [2.05, 4.69) is 159 Å². The highest BCUT2D eigenvalue weighted by Crippen LogP contribution is 2.36. The number of para-hydroxylation sites is 6. The topological polar surface area (TPSA) is 52.9 Å². The molecule has 0 saturated carbocycles. The monoisotopic (exact) mass is 652 g/mol. The van der Waals surface area contributed by atoms with Gasteiger partial charge < -0.3 is 4.57 Å². The molecule has 6 heteroatoms. The van der Waals surface area contributed by atoms with Crippen molar-refractivity contribution < 1.29 is 0 Å². The second kappa shape index (κ2) is 10.7. The van der Waals surface area contributed by atoms with Gasteiger partial charge in [-0.05, 0) is 78.9 Å². The SMILES string of the molecule is c1ccc(-c2nc(-c3ccc(-n4c5ccccc5c5cc(-n6c7ccccc7n7c8ccccc8nc67)ccc54)cc3)nc3ccccc23)cc1. The smallest absolute Gasteiger partial charge is 0.220 e. The Hall–Kier alpha value is -7.05. The van der Waals surface area contributed by atoms with E-state index in [1.165, 1.54) is 10.8 Å². The molecule has 6 nitrogen and oxygen atoms in total. The van der Waals surface area contributed by atoms with Gasteiger partial charge in [0.15, 0.2) is 5.82 Å². The Morgan fingerprint density at radius 3 is 1.80 bits per heavy atom. The van der Waals surface area contributed by atoms with E-state index < -0.39 is 0 Å². The highest BCUT2D eigenvalue weighted by molar-refractivity contribution is 6.10. The quantitative estimate of drug-likeness (QED) is 0.190. The average molecular weight is 653 g/mol. The van der Waals surface area contributed by atoms with Crippen LogP contribution in [0.3, 0.4) is 0 Å². The van der Waals surface area contributed by atoms with Crippen LogP contribution in [0.25, 0.3) is 94.6 Å². The third-order valence-corrected chi connectivity index (χ3v) is 10.1. The molecule has 4 aromatic heterocycles. The van der Waals surface area contributed by atoms with E-state index in [1.54, 1.807) is 0 Å². The average Bonchev–Trinajstić information content (AvgIpc) is 3.84. The van der Waals surface area contributed by atoms with Gasteiger partial charge in [-0.15, -0.1) is 0 Å². The second-order valence-corrected chi connectivity index (χ2v) is 12.9. The molecule has 0 aliphatic rings. The summed E-state index contributed by atoms with van der Waals surface area (Å²) in [6, 6.07) is 59.5. The number of hydrogen-bond acceptors (Lipinski definition) is 3. The van der Waals surface area contributed by atoms with E-state index >= 15 is 0 Å². The van der Waals surface area contributed by atoms with E-state index in [4.69, 9.17) is 15.0 Å². The standard InChI is InChI=1S/C45H28N6/c1-2-12-29(13-3-1)43-34-15-4-6-16-36(34)46-44(48-43)30-22-24-31(25-23-30)49-38-18-8-5-14-33(38)35-28-32(26-27-39(35)49)50-41-20-10-11-21-42(41)51-40-19-9-7-17-37(40)47-45(50)51/h1-28H. The zero-order chi connectivity index (χ0) is 33.5. The molecule has 0 aliphatic carbocycles. The third-order valence-electron chi connectivity index (χ3n) is 10.1. The lowest BCUT2D eigenvalue weighted by atomic mass is 10.1. The predicted molar refractivity (Wildman–Crippen MR) is 208 cm³/mol. The van der Waals surface area contributed by atoms with Crippen LogP contribution in [0.15, 0.2) is 170 Å². The maximum Gasteiger partial charge on any atom is 0.220 e. The highest BCUT2D eigenvalue weighted by atomic mass is 15.2. The Labute approximate surface area is 292 Å². The summed E-state index contributed by atoms with van der Waals surface area (Å²) in [5, 5.41) is 3.43. The lowest BCUT2D eigenvalue weighted by Gasteiger charge is -2.11. The Morgan fingerprint density at radius 1 is 0.353 bits per heavy atom. The Kier molecular flexibility index (Phi) is 5.86. The van der Waals surface area contributed by atoms with Crippen LogP contribution in [0.4, 0.5) is 0 Å². The van der Waals surface area contributed by atoms with Gasteiger partial charge in [-0.3, -0.25) is 8.97 Å². The first-order valence-electron chi connectivity index (χ1n) is 17.1. The number of rotatable bonds is 4. The number of fused-ring (bicyclic) bond motifs is 9. The number of imidazole rings is 2. The van der Waals surface area contributed by atoms with Gasteiger partial charge in [0.1, 0.15) is 0 Å². The third kappa shape index (κ3) is 4.14. The summed E-state index contributed by atoms with van der Waals surface area (Å²) in [5.74, 6) is 1.62. The number of hydrogen-bond donors (Lipinski definition) is 0. The zero-order valence-electron chi connectivity index (χ0n) is 27.3. The molecule has 11 aromatic rings. The summed E-state index contributed by atoms with van der Waals surface area (Å²) in [6.45, 7) is 0. The van der Waals surface area contributed by atoms with Crippen LogP contribution in [0.5, 0.6) is 0 Å². The van der Waals surface area contributed by atoms with E-state index in [-0.39, 0.29) is 0 Å². The first-order chi connectivity index (χ1) is 25.3. The lowest BCUT2D eigenvalue weighted by molar-refractivity contribution is 1.11. The van der Waals surface area contributed by atoms with Crippen LogP contribution in [0, 0.1) is 0 Å². The van der Waals surface area contributed by atoms with Gasteiger partial charge in [-0.2, -0.15) is 0 Å². The molecule has 0 bridgehead atoms. The summed E-state index contributed by atoms with van der Waals surface area (Å²) in [4.78, 5) is 15.2. The van der Waals surface area contributed by atoms with Crippen molar-refractivity contribution in [3.05, 3.63) is 170 Å². The number of aromatic nitrogens is 6. The number of benzene rings is 7. The first kappa shape index (κ1) is 27.9. The molecule has 0 N–H and O–H groups in total. The normalized spacial score (nSPS) is 11.9. The van der Waals surface area contributed by atoms with Crippen LogP contribution in [0.1, 0.15) is 0 Å². The zero-order valence-corrected chi connectivity index (χ0v) is 27.3. The fraction of sp³-hybridized carbons (Fsp3) is 0. The van der Waals surface area contributed by atoms with Crippen molar-refractivity contribution in [2.45, 2.75) is 0 Å². The molecule has 0 aliphatic heterocycles. The molecule has 4 heterocycles. The summed E-state index contributed by atoms with van der Waals surface area (Å²) >= 11 is 0. The summed E-state index contributed by atoms with van der Waals surface area (Å²) in [5.41, 5.74) is 12.7. The molecule has 7 aromatic carbocycles. The molecule has 51 heavy (non-hydrogen) atoms. The van der Waals surface area contributed by atoms with Crippen LogP contribution in [-0.4, -0.2) is 28.5 Å². The van der Waals surface area contributed by atoms with Crippen molar-refractivity contribution in [3.8, 4) is 34.0 Å². The van der Waals surface area contributed by atoms with Crippen molar-refractivity contribution in [1.82, 2.24) is 28.5 Å². The van der Waals surface area contributed by atoms with Crippen molar-refractivity contribution in [2.24, 2.45) is 0 Å². The minimum atomic E-state index is 0.711. The van der Waals surface area contributed by atoms with Crippen molar-refractivity contribution in [1.29, 1.82) is 0 Å². The van der Waals surface area contributed by atoms with Gasteiger partial charge in [-0.1, -0.05) is 91.0 Å².